The van der Waals surface area contributed by atoms with Gasteiger partial charge in [-0.2, -0.15) is 4.31 Å². The van der Waals surface area contributed by atoms with E-state index in [-0.39, 0.29) is 35.5 Å². The Bertz CT molecular complexity index is 1140. The van der Waals surface area contributed by atoms with Gasteiger partial charge in [0.05, 0.1) is 23.7 Å². The van der Waals surface area contributed by atoms with E-state index in [1.54, 1.807) is 17.9 Å². The van der Waals surface area contributed by atoms with Gasteiger partial charge in [-0.1, -0.05) is 24.3 Å². The fourth-order valence-corrected chi connectivity index (χ4v) is 5.57. The van der Waals surface area contributed by atoms with Crippen LogP contribution >= 0.6 is 0 Å². The Morgan fingerprint density at radius 1 is 1.12 bits per heavy atom. The molecule has 1 fully saturated rings. The number of rotatable bonds is 5. The number of nitrogens with zero attached hydrogens (tertiary/aromatic N) is 2. The second-order valence-electron chi connectivity index (χ2n) is 8.01. The minimum absolute atomic E-state index is 0.0189. The summed E-state index contributed by atoms with van der Waals surface area (Å²) in [4.78, 5) is 27.2. The highest BCUT2D eigenvalue weighted by atomic mass is 32.2. The molecule has 0 saturated carbocycles. The summed E-state index contributed by atoms with van der Waals surface area (Å²) in [6.45, 7) is 4.42. The van der Waals surface area contributed by atoms with E-state index >= 15 is 0 Å². The van der Waals surface area contributed by atoms with Crippen molar-refractivity contribution in [3.63, 3.8) is 0 Å². The second-order valence-corrected chi connectivity index (χ2v) is 9.95. The minimum atomic E-state index is -3.75. The van der Waals surface area contributed by atoms with Gasteiger partial charge in [0.15, 0.2) is 6.61 Å². The Morgan fingerprint density at radius 2 is 1.84 bits per heavy atom. The first kappa shape index (κ1) is 22.4. The molecule has 8 nitrogen and oxygen atoms in total. The Balaban J connectivity index is 1.48. The highest BCUT2D eigenvalue weighted by Crippen LogP contribution is 2.31. The Hall–Kier alpha value is -2.75. The number of hydrogen-bond acceptors (Lipinski definition) is 6. The lowest BCUT2D eigenvalue weighted by molar-refractivity contribution is -0.122. The van der Waals surface area contributed by atoms with E-state index in [2.05, 4.69) is 0 Å². The van der Waals surface area contributed by atoms with E-state index in [0.717, 1.165) is 17.7 Å². The number of ether oxygens (including phenoxy) is 2. The van der Waals surface area contributed by atoms with Crippen molar-refractivity contribution in [2.24, 2.45) is 0 Å². The van der Waals surface area contributed by atoms with Crippen LogP contribution in [0.4, 0.5) is 5.69 Å². The van der Waals surface area contributed by atoms with Crippen molar-refractivity contribution in [1.29, 1.82) is 0 Å². The van der Waals surface area contributed by atoms with Gasteiger partial charge < -0.3 is 14.4 Å². The predicted octanol–water partition coefficient (Wildman–Crippen LogP) is 2.15. The normalized spacial score (nSPS) is 18.9. The number of amides is 1. The zero-order valence-electron chi connectivity index (χ0n) is 18.1. The van der Waals surface area contributed by atoms with E-state index in [9.17, 15) is 18.0 Å². The second kappa shape index (κ2) is 9.01. The predicted molar refractivity (Wildman–Crippen MR) is 118 cm³/mol. The van der Waals surface area contributed by atoms with Crippen LogP contribution in [0.15, 0.2) is 47.4 Å². The molecule has 32 heavy (non-hydrogen) atoms. The van der Waals surface area contributed by atoms with Crippen molar-refractivity contribution in [3.8, 4) is 0 Å². The fourth-order valence-electron chi connectivity index (χ4n) is 4.14. The molecule has 2 aliphatic rings. The van der Waals surface area contributed by atoms with Gasteiger partial charge in [-0.3, -0.25) is 4.79 Å². The highest BCUT2D eigenvalue weighted by Gasteiger charge is 2.32. The highest BCUT2D eigenvalue weighted by molar-refractivity contribution is 7.89. The van der Waals surface area contributed by atoms with Crippen molar-refractivity contribution in [3.05, 3.63) is 59.2 Å². The zero-order chi connectivity index (χ0) is 22.9. The molecule has 1 amide bonds. The van der Waals surface area contributed by atoms with E-state index in [4.69, 9.17) is 9.47 Å². The topological polar surface area (TPSA) is 93.2 Å². The van der Waals surface area contributed by atoms with Crippen LogP contribution in [0.1, 0.15) is 28.4 Å². The molecule has 2 aliphatic heterocycles. The number of fused-ring (bicyclic) bond motifs is 1. The molecule has 0 aliphatic carbocycles. The molecule has 0 radical (unpaired) electrons. The van der Waals surface area contributed by atoms with Crippen LogP contribution in [0.3, 0.4) is 0 Å². The summed E-state index contributed by atoms with van der Waals surface area (Å²) in [6.07, 6.45) is 0.746. The summed E-state index contributed by atoms with van der Waals surface area (Å²) in [6, 6.07) is 12.0. The summed E-state index contributed by atoms with van der Waals surface area (Å²) in [5.41, 5.74) is 2.61. The molecule has 170 valence electrons. The lowest BCUT2D eigenvalue weighted by atomic mass is 10.1. The van der Waals surface area contributed by atoms with E-state index in [1.807, 2.05) is 31.2 Å². The average molecular weight is 459 g/mol. The third-order valence-corrected chi connectivity index (χ3v) is 7.73. The van der Waals surface area contributed by atoms with Gasteiger partial charge in [0.1, 0.15) is 0 Å². The number of aryl methyl sites for hydroxylation is 1. The lowest BCUT2D eigenvalue weighted by Crippen LogP contribution is -2.40. The Labute approximate surface area is 187 Å². The maximum Gasteiger partial charge on any atom is 0.338 e. The van der Waals surface area contributed by atoms with Crippen molar-refractivity contribution in [2.75, 3.05) is 37.8 Å². The number of benzene rings is 2. The van der Waals surface area contributed by atoms with Gasteiger partial charge >= 0.3 is 5.97 Å². The molecule has 0 N–H and O–H groups in total. The SMILES string of the molecule is Cc1ccc(S(=O)(=O)N2CCOCC2)cc1C(=O)OCC(=O)N1c2ccccc2CC1C. The van der Waals surface area contributed by atoms with E-state index < -0.39 is 22.6 Å². The van der Waals surface area contributed by atoms with Crippen LogP contribution in [-0.2, 0) is 30.7 Å². The quantitative estimate of drug-likeness (QED) is 0.638. The van der Waals surface area contributed by atoms with Gasteiger partial charge in [-0.05, 0) is 49.6 Å². The summed E-state index contributed by atoms with van der Waals surface area (Å²) in [5, 5.41) is 0. The number of anilines is 1. The standard InChI is InChI=1S/C23H26N2O6S/c1-16-7-8-19(32(28,29)24-9-11-30-12-10-24)14-20(16)23(27)31-15-22(26)25-17(2)13-18-5-3-4-6-21(18)25/h3-8,14,17H,9-13,15H2,1-2H3. The summed E-state index contributed by atoms with van der Waals surface area (Å²) < 4.78 is 37.7. The maximum atomic E-state index is 12.9. The van der Waals surface area contributed by atoms with Crippen molar-refractivity contribution < 1.29 is 27.5 Å². The van der Waals surface area contributed by atoms with Crippen molar-refractivity contribution in [1.82, 2.24) is 4.31 Å². The van der Waals surface area contributed by atoms with Crippen LogP contribution in [0.5, 0.6) is 0 Å². The largest absolute Gasteiger partial charge is 0.452 e. The molecule has 4 rings (SSSR count). The van der Waals surface area contributed by atoms with Crippen LogP contribution in [0.25, 0.3) is 0 Å². The summed E-state index contributed by atoms with van der Waals surface area (Å²) in [5.74, 6) is -1.04. The number of hydrogen-bond donors (Lipinski definition) is 0. The number of carbonyl (C=O) groups excluding carboxylic acids is 2. The van der Waals surface area contributed by atoms with Gasteiger partial charge in [0.25, 0.3) is 5.91 Å². The van der Waals surface area contributed by atoms with Crippen molar-refractivity contribution >= 4 is 27.6 Å². The number of para-hydroxylation sites is 1. The fraction of sp³-hybridized carbons (Fsp3) is 0.391. The maximum absolute atomic E-state index is 12.9. The van der Waals surface area contributed by atoms with Gasteiger partial charge in [-0.15, -0.1) is 0 Å². The van der Waals surface area contributed by atoms with Crippen LogP contribution < -0.4 is 4.90 Å². The van der Waals surface area contributed by atoms with Crippen LogP contribution in [-0.4, -0.2) is 63.6 Å². The first-order chi connectivity index (χ1) is 15.3. The third-order valence-electron chi connectivity index (χ3n) is 5.84. The molecule has 2 heterocycles. The Kier molecular flexibility index (Phi) is 6.32. The molecule has 0 spiro atoms. The molecule has 0 aromatic heterocycles. The first-order valence-electron chi connectivity index (χ1n) is 10.5. The van der Waals surface area contributed by atoms with Gasteiger partial charge in [-0.25, -0.2) is 13.2 Å². The number of sulfonamides is 1. The average Bonchev–Trinajstić information content (AvgIpc) is 3.13. The number of esters is 1. The summed E-state index contributed by atoms with van der Waals surface area (Å²) >= 11 is 0. The van der Waals surface area contributed by atoms with E-state index in [1.165, 1.54) is 16.4 Å². The molecule has 2 aromatic carbocycles. The molecule has 9 heteroatoms. The third kappa shape index (κ3) is 4.28. The monoisotopic (exact) mass is 458 g/mol. The van der Waals surface area contributed by atoms with E-state index in [0.29, 0.717) is 18.8 Å². The zero-order valence-corrected chi connectivity index (χ0v) is 18.9. The number of carbonyl (C=O) groups is 2. The minimum Gasteiger partial charge on any atom is -0.452 e. The molecule has 2 aromatic rings. The number of morpholine rings is 1. The molecular formula is C23H26N2O6S. The smallest absolute Gasteiger partial charge is 0.338 e. The van der Waals surface area contributed by atoms with Gasteiger partial charge in [0, 0.05) is 24.8 Å². The first-order valence-corrected chi connectivity index (χ1v) is 12.0. The van der Waals surface area contributed by atoms with Crippen molar-refractivity contribution in [2.45, 2.75) is 31.2 Å². The Morgan fingerprint density at radius 3 is 2.59 bits per heavy atom. The summed E-state index contributed by atoms with van der Waals surface area (Å²) in [7, 11) is -3.75. The molecule has 1 saturated heterocycles. The molecule has 0 bridgehead atoms. The molecular weight excluding hydrogens is 432 g/mol. The van der Waals surface area contributed by atoms with Gasteiger partial charge in [0.2, 0.25) is 10.0 Å². The lowest BCUT2D eigenvalue weighted by Gasteiger charge is -2.26. The van der Waals surface area contributed by atoms with Crippen LogP contribution in [0.2, 0.25) is 0 Å². The molecule has 1 atom stereocenters. The molecule has 1 unspecified atom stereocenters. The van der Waals surface area contributed by atoms with Crippen LogP contribution in [0, 0.1) is 6.92 Å².